The van der Waals surface area contributed by atoms with Gasteiger partial charge in [-0.2, -0.15) is 0 Å². The van der Waals surface area contributed by atoms with E-state index in [1.807, 2.05) is 6.07 Å². The van der Waals surface area contributed by atoms with Gasteiger partial charge in [0.15, 0.2) is 0 Å². The number of unbranched alkanes of at least 4 members (excludes halogenated alkanes) is 2. The van der Waals surface area contributed by atoms with Gasteiger partial charge in [0.2, 0.25) is 0 Å². The fourth-order valence-corrected chi connectivity index (χ4v) is 3.29. The second-order valence-electron chi connectivity index (χ2n) is 6.00. The van der Waals surface area contributed by atoms with E-state index in [-0.39, 0.29) is 0 Å². The van der Waals surface area contributed by atoms with Crippen molar-refractivity contribution in [2.75, 3.05) is 13.7 Å². The van der Waals surface area contributed by atoms with E-state index in [1.165, 1.54) is 31.2 Å². The number of hydrogen-bond acceptors (Lipinski definition) is 2. The molecule has 0 aliphatic carbocycles. The van der Waals surface area contributed by atoms with E-state index < -0.39 is 0 Å². The molecule has 1 aliphatic rings. The molecule has 0 unspecified atom stereocenters. The molecule has 0 spiro atoms. The predicted octanol–water partition coefficient (Wildman–Crippen LogP) is 4.64. The summed E-state index contributed by atoms with van der Waals surface area (Å²) in [7, 11) is 1.72. The average Bonchev–Trinajstić information content (AvgIpc) is 2.89. The second-order valence-corrected chi connectivity index (χ2v) is 6.00. The monoisotopic (exact) mass is 288 g/mol. The van der Waals surface area contributed by atoms with Gasteiger partial charge in [0.1, 0.15) is 5.75 Å². The van der Waals surface area contributed by atoms with E-state index in [9.17, 15) is 0 Å². The molecule has 0 N–H and O–H groups in total. The van der Waals surface area contributed by atoms with Gasteiger partial charge >= 0.3 is 0 Å². The molecule has 1 aromatic carbocycles. The average molecular weight is 288 g/mol. The normalized spacial score (nSPS) is 25.0. The maximum absolute atomic E-state index is 6.04. The summed E-state index contributed by atoms with van der Waals surface area (Å²) in [5, 5.41) is 0. The van der Waals surface area contributed by atoms with Gasteiger partial charge in [0.25, 0.3) is 0 Å². The standard InChI is InChI=1S/C19H28O2/c1-4-6-7-11-19-18(5-2)16(14-21-19)12-15-9-8-10-17(13-15)20-3/h5,8-10,13,16,18-19H,2,4,6-7,11-12,14H2,1,3H3/t16-,18+,19+/m0/s1. The lowest BCUT2D eigenvalue weighted by Crippen LogP contribution is -2.19. The van der Waals surface area contributed by atoms with Crippen LogP contribution in [0.15, 0.2) is 36.9 Å². The zero-order chi connectivity index (χ0) is 15.1. The highest BCUT2D eigenvalue weighted by Crippen LogP contribution is 2.34. The first-order chi connectivity index (χ1) is 10.3. The van der Waals surface area contributed by atoms with Crippen LogP contribution in [0.2, 0.25) is 0 Å². The van der Waals surface area contributed by atoms with Crippen molar-refractivity contribution in [1.82, 2.24) is 0 Å². The first-order valence-corrected chi connectivity index (χ1v) is 8.15. The van der Waals surface area contributed by atoms with Crippen molar-refractivity contribution in [3.8, 4) is 5.75 Å². The summed E-state index contributed by atoms with van der Waals surface area (Å²) in [6, 6.07) is 8.36. The SMILES string of the molecule is C=C[C@@H]1[C@@H](Cc2cccc(OC)c2)CO[C@@H]1CCCCC. The number of hydrogen-bond donors (Lipinski definition) is 0. The zero-order valence-electron chi connectivity index (χ0n) is 13.4. The van der Waals surface area contributed by atoms with Crippen molar-refractivity contribution >= 4 is 0 Å². The largest absolute Gasteiger partial charge is 0.497 e. The van der Waals surface area contributed by atoms with E-state index in [0.717, 1.165) is 18.8 Å². The Morgan fingerprint density at radius 3 is 2.95 bits per heavy atom. The Bertz CT molecular complexity index is 441. The minimum absolute atomic E-state index is 0.365. The van der Waals surface area contributed by atoms with E-state index in [0.29, 0.717) is 17.9 Å². The summed E-state index contributed by atoms with van der Waals surface area (Å²) in [6.07, 6.45) is 8.50. The van der Waals surface area contributed by atoms with Crippen LogP contribution in [0.1, 0.15) is 38.2 Å². The van der Waals surface area contributed by atoms with E-state index in [1.54, 1.807) is 7.11 Å². The molecular weight excluding hydrogens is 260 g/mol. The summed E-state index contributed by atoms with van der Waals surface area (Å²) in [6.45, 7) is 7.14. The smallest absolute Gasteiger partial charge is 0.119 e. The van der Waals surface area contributed by atoms with Crippen LogP contribution in [0.5, 0.6) is 5.75 Å². The minimum Gasteiger partial charge on any atom is -0.497 e. The third-order valence-electron chi connectivity index (χ3n) is 4.49. The Morgan fingerprint density at radius 1 is 1.38 bits per heavy atom. The third-order valence-corrected chi connectivity index (χ3v) is 4.49. The van der Waals surface area contributed by atoms with Crippen LogP contribution in [0, 0.1) is 11.8 Å². The summed E-state index contributed by atoms with van der Waals surface area (Å²) >= 11 is 0. The predicted molar refractivity (Wildman–Crippen MR) is 87.8 cm³/mol. The van der Waals surface area contributed by atoms with Gasteiger partial charge in [0.05, 0.1) is 19.8 Å². The van der Waals surface area contributed by atoms with Crippen LogP contribution in [0.3, 0.4) is 0 Å². The molecule has 2 rings (SSSR count). The van der Waals surface area contributed by atoms with Crippen LogP contribution in [0.4, 0.5) is 0 Å². The molecule has 0 aromatic heterocycles. The van der Waals surface area contributed by atoms with Gasteiger partial charge in [-0.1, -0.05) is 44.4 Å². The van der Waals surface area contributed by atoms with Gasteiger partial charge in [-0.15, -0.1) is 6.58 Å². The number of benzene rings is 1. The molecule has 1 aliphatic heterocycles. The van der Waals surface area contributed by atoms with Crippen molar-refractivity contribution in [1.29, 1.82) is 0 Å². The molecule has 0 amide bonds. The number of rotatable bonds is 8. The molecule has 2 heteroatoms. The molecule has 1 fully saturated rings. The number of methoxy groups -OCH3 is 1. The van der Waals surface area contributed by atoms with Gasteiger partial charge in [0, 0.05) is 5.92 Å². The van der Waals surface area contributed by atoms with E-state index >= 15 is 0 Å². The lowest BCUT2D eigenvalue weighted by molar-refractivity contribution is 0.0883. The van der Waals surface area contributed by atoms with Crippen molar-refractivity contribution in [2.24, 2.45) is 11.8 Å². The van der Waals surface area contributed by atoms with Crippen LogP contribution >= 0.6 is 0 Å². The van der Waals surface area contributed by atoms with Gasteiger partial charge in [-0.25, -0.2) is 0 Å². The van der Waals surface area contributed by atoms with Crippen LogP contribution in [0.25, 0.3) is 0 Å². The van der Waals surface area contributed by atoms with Crippen LogP contribution < -0.4 is 4.74 Å². The molecule has 0 bridgehead atoms. The van der Waals surface area contributed by atoms with Gasteiger partial charge < -0.3 is 9.47 Å². The highest BCUT2D eigenvalue weighted by molar-refractivity contribution is 5.29. The van der Waals surface area contributed by atoms with Gasteiger partial charge in [-0.3, -0.25) is 0 Å². The molecule has 116 valence electrons. The lowest BCUT2D eigenvalue weighted by Gasteiger charge is -2.19. The molecule has 0 saturated carbocycles. The summed E-state index contributed by atoms with van der Waals surface area (Å²) in [4.78, 5) is 0. The van der Waals surface area contributed by atoms with Crippen molar-refractivity contribution in [2.45, 2.75) is 45.1 Å². The quantitative estimate of drug-likeness (QED) is 0.512. The Kier molecular flexibility index (Phi) is 6.31. The summed E-state index contributed by atoms with van der Waals surface area (Å²) < 4.78 is 11.3. The first kappa shape index (κ1) is 16.1. The van der Waals surface area contributed by atoms with Crippen molar-refractivity contribution in [3.63, 3.8) is 0 Å². The molecule has 0 radical (unpaired) electrons. The highest BCUT2D eigenvalue weighted by atomic mass is 16.5. The maximum atomic E-state index is 6.04. The summed E-state index contributed by atoms with van der Waals surface area (Å²) in [5.41, 5.74) is 1.32. The van der Waals surface area contributed by atoms with E-state index in [2.05, 4.69) is 37.8 Å². The molecule has 1 saturated heterocycles. The molecule has 2 nitrogen and oxygen atoms in total. The number of ether oxygens (including phenoxy) is 2. The summed E-state index contributed by atoms with van der Waals surface area (Å²) in [5.74, 6) is 1.95. The minimum atomic E-state index is 0.365. The van der Waals surface area contributed by atoms with Crippen LogP contribution in [-0.4, -0.2) is 19.8 Å². The lowest BCUT2D eigenvalue weighted by atomic mass is 9.84. The van der Waals surface area contributed by atoms with Gasteiger partial charge in [-0.05, 0) is 36.5 Å². The first-order valence-electron chi connectivity index (χ1n) is 8.15. The topological polar surface area (TPSA) is 18.5 Å². The van der Waals surface area contributed by atoms with E-state index in [4.69, 9.17) is 9.47 Å². The molecular formula is C19H28O2. The molecule has 1 heterocycles. The third kappa shape index (κ3) is 4.34. The second kappa shape index (κ2) is 8.23. The fourth-order valence-electron chi connectivity index (χ4n) is 3.29. The Morgan fingerprint density at radius 2 is 2.24 bits per heavy atom. The van der Waals surface area contributed by atoms with Crippen molar-refractivity contribution in [3.05, 3.63) is 42.5 Å². The maximum Gasteiger partial charge on any atom is 0.119 e. The Labute approximate surface area is 129 Å². The van der Waals surface area contributed by atoms with Crippen LogP contribution in [-0.2, 0) is 11.2 Å². The Balaban J connectivity index is 1.94. The highest BCUT2D eigenvalue weighted by Gasteiger charge is 2.34. The molecule has 21 heavy (non-hydrogen) atoms. The Hall–Kier alpha value is -1.28. The molecule has 1 aromatic rings. The zero-order valence-corrected chi connectivity index (χ0v) is 13.4. The van der Waals surface area contributed by atoms with Crippen molar-refractivity contribution < 1.29 is 9.47 Å². The fraction of sp³-hybridized carbons (Fsp3) is 0.579. The molecule has 3 atom stereocenters.